The lowest BCUT2D eigenvalue weighted by atomic mass is 10.1. The summed E-state index contributed by atoms with van der Waals surface area (Å²) in [7, 11) is 1.94. The van der Waals surface area contributed by atoms with Crippen LogP contribution in [0.2, 0.25) is 0 Å². The van der Waals surface area contributed by atoms with Crippen molar-refractivity contribution in [1.82, 2.24) is 5.32 Å². The van der Waals surface area contributed by atoms with E-state index >= 15 is 0 Å². The molecule has 0 aliphatic rings. The molecule has 0 saturated heterocycles. The number of hydrogen-bond acceptors (Lipinski definition) is 1. The first-order valence-corrected chi connectivity index (χ1v) is 4.63. The molecule has 0 heterocycles. The van der Waals surface area contributed by atoms with Gasteiger partial charge in [-0.15, -0.1) is 0 Å². The molecule has 0 rings (SSSR count). The van der Waals surface area contributed by atoms with E-state index in [1.54, 1.807) is 0 Å². The highest BCUT2D eigenvalue weighted by atomic mass is 14.9. The number of likely N-dealkylation sites (N-methyl/N-ethyl adjacent to an activating group) is 1. The van der Waals surface area contributed by atoms with E-state index in [4.69, 9.17) is 0 Å². The van der Waals surface area contributed by atoms with Gasteiger partial charge in [0.25, 0.3) is 0 Å². The van der Waals surface area contributed by atoms with Crippen LogP contribution in [-0.4, -0.2) is 13.1 Å². The van der Waals surface area contributed by atoms with Crippen LogP contribution in [0.3, 0.4) is 0 Å². The van der Waals surface area contributed by atoms with Crippen molar-refractivity contribution < 1.29 is 0 Å². The molecule has 0 aromatic heterocycles. The molecule has 0 bridgehead atoms. The molecule has 12 heavy (non-hydrogen) atoms. The zero-order valence-corrected chi connectivity index (χ0v) is 9.15. The van der Waals surface area contributed by atoms with Gasteiger partial charge in [-0.05, 0) is 26.5 Å². The normalized spacial score (nSPS) is 12.9. The highest BCUT2D eigenvalue weighted by molar-refractivity contribution is 5.20. The molecule has 1 N–H and O–H groups in total. The molecule has 0 aliphatic heterocycles. The largest absolute Gasteiger partial charge is 0.313 e. The average molecular weight is 169 g/mol. The summed E-state index contributed by atoms with van der Waals surface area (Å²) in [6.45, 7) is 12.1. The molecule has 0 aromatic rings. The van der Waals surface area contributed by atoms with Crippen molar-refractivity contribution in [1.29, 1.82) is 0 Å². The van der Waals surface area contributed by atoms with Crippen molar-refractivity contribution in [3.8, 4) is 0 Å². The Morgan fingerprint density at radius 2 is 1.92 bits per heavy atom. The molecule has 0 aliphatic carbocycles. The third-order valence-electron chi connectivity index (χ3n) is 1.50. The quantitative estimate of drug-likeness (QED) is 0.640. The second-order valence-electron chi connectivity index (χ2n) is 2.71. The fourth-order valence-corrected chi connectivity index (χ4v) is 0.711. The number of nitrogens with one attached hydrogen (secondary N) is 1. The van der Waals surface area contributed by atoms with Crippen molar-refractivity contribution in [3.05, 3.63) is 24.3 Å². The fourth-order valence-electron chi connectivity index (χ4n) is 0.711. The highest BCUT2D eigenvalue weighted by Crippen LogP contribution is 2.00. The van der Waals surface area contributed by atoms with Gasteiger partial charge in [0, 0.05) is 6.04 Å². The first kappa shape index (κ1) is 14.0. The number of hydrogen-bond donors (Lipinski definition) is 1. The molecule has 0 fully saturated rings. The summed E-state index contributed by atoms with van der Waals surface area (Å²) in [4.78, 5) is 0. The second kappa shape index (κ2) is 10.4. The molecule has 0 spiro atoms. The SMILES string of the molecule is C=C/C(=C\C)C(C)NC.CCC. The van der Waals surface area contributed by atoms with Crippen LogP contribution in [0.4, 0.5) is 0 Å². The average Bonchev–Trinajstić information content (AvgIpc) is 2.08. The number of rotatable bonds is 3. The standard InChI is InChI=1S/C8H15N.C3H8/c1-5-8(6-2)7(3)9-4;1-3-2/h5-7,9H,1H2,2-4H3;3H2,1-2H3/b8-6+;. The highest BCUT2D eigenvalue weighted by Gasteiger charge is 1.98. The maximum absolute atomic E-state index is 3.69. The van der Waals surface area contributed by atoms with Gasteiger partial charge in [0.1, 0.15) is 0 Å². The monoisotopic (exact) mass is 169 g/mol. The van der Waals surface area contributed by atoms with Gasteiger partial charge in [-0.25, -0.2) is 0 Å². The maximum Gasteiger partial charge on any atom is 0.0285 e. The Bertz CT molecular complexity index is 125. The predicted octanol–water partition coefficient (Wildman–Crippen LogP) is 3.14. The zero-order valence-electron chi connectivity index (χ0n) is 9.15. The van der Waals surface area contributed by atoms with E-state index in [9.17, 15) is 0 Å². The Balaban J connectivity index is 0. The summed E-state index contributed by atoms with van der Waals surface area (Å²) in [5.74, 6) is 0. The van der Waals surface area contributed by atoms with Crippen LogP contribution in [0.5, 0.6) is 0 Å². The zero-order chi connectivity index (χ0) is 9.98. The Hall–Kier alpha value is -0.560. The fraction of sp³-hybridized carbons (Fsp3) is 0.636. The number of allylic oxidation sites excluding steroid dienone is 1. The lowest BCUT2D eigenvalue weighted by Crippen LogP contribution is -2.22. The van der Waals surface area contributed by atoms with Gasteiger partial charge < -0.3 is 5.32 Å². The van der Waals surface area contributed by atoms with Crippen molar-refractivity contribution in [2.24, 2.45) is 0 Å². The lowest BCUT2D eigenvalue weighted by molar-refractivity contribution is 0.704. The molecule has 0 aromatic carbocycles. The summed E-state index contributed by atoms with van der Waals surface area (Å²) in [5.41, 5.74) is 1.25. The van der Waals surface area contributed by atoms with Crippen LogP contribution in [0.1, 0.15) is 34.1 Å². The van der Waals surface area contributed by atoms with E-state index in [2.05, 4.69) is 38.7 Å². The first-order chi connectivity index (χ1) is 5.67. The molecule has 0 radical (unpaired) electrons. The Morgan fingerprint density at radius 1 is 1.50 bits per heavy atom. The topological polar surface area (TPSA) is 12.0 Å². The van der Waals surface area contributed by atoms with Crippen LogP contribution >= 0.6 is 0 Å². The Kier molecular flexibility index (Phi) is 12.2. The summed E-state index contributed by atoms with van der Waals surface area (Å²) < 4.78 is 0. The summed E-state index contributed by atoms with van der Waals surface area (Å²) in [5, 5.41) is 3.13. The molecule has 1 heteroatoms. The summed E-state index contributed by atoms with van der Waals surface area (Å²) >= 11 is 0. The van der Waals surface area contributed by atoms with Crippen LogP contribution < -0.4 is 5.32 Å². The van der Waals surface area contributed by atoms with E-state index in [0.29, 0.717) is 6.04 Å². The Labute approximate surface area is 77.6 Å². The minimum Gasteiger partial charge on any atom is -0.313 e. The van der Waals surface area contributed by atoms with Crippen LogP contribution in [0, 0.1) is 0 Å². The maximum atomic E-state index is 3.69. The summed E-state index contributed by atoms with van der Waals surface area (Å²) in [6.07, 6.45) is 5.19. The molecular formula is C11H23N. The first-order valence-electron chi connectivity index (χ1n) is 4.63. The van der Waals surface area contributed by atoms with Crippen LogP contribution in [0.25, 0.3) is 0 Å². The van der Waals surface area contributed by atoms with E-state index in [-0.39, 0.29) is 0 Å². The van der Waals surface area contributed by atoms with Crippen LogP contribution in [-0.2, 0) is 0 Å². The third kappa shape index (κ3) is 7.55. The van der Waals surface area contributed by atoms with Gasteiger partial charge in [-0.3, -0.25) is 0 Å². The molecule has 72 valence electrons. The molecule has 1 unspecified atom stereocenters. The minimum atomic E-state index is 0.424. The van der Waals surface area contributed by atoms with Crippen LogP contribution in [0.15, 0.2) is 24.3 Å². The van der Waals surface area contributed by atoms with E-state index in [1.165, 1.54) is 12.0 Å². The Morgan fingerprint density at radius 3 is 2.00 bits per heavy atom. The molecule has 0 saturated carbocycles. The van der Waals surface area contributed by atoms with E-state index in [1.807, 2.05) is 20.0 Å². The van der Waals surface area contributed by atoms with Crippen molar-refractivity contribution in [2.75, 3.05) is 7.05 Å². The summed E-state index contributed by atoms with van der Waals surface area (Å²) in [6, 6.07) is 0.424. The third-order valence-corrected chi connectivity index (χ3v) is 1.50. The second-order valence-corrected chi connectivity index (χ2v) is 2.71. The lowest BCUT2D eigenvalue weighted by Gasteiger charge is -2.09. The van der Waals surface area contributed by atoms with Crippen molar-refractivity contribution >= 4 is 0 Å². The van der Waals surface area contributed by atoms with Gasteiger partial charge >= 0.3 is 0 Å². The van der Waals surface area contributed by atoms with Gasteiger partial charge in [-0.1, -0.05) is 39.0 Å². The van der Waals surface area contributed by atoms with E-state index < -0.39 is 0 Å². The van der Waals surface area contributed by atoms with Gasteiger partial charge in [0.05, 0.1) is 0 Å². The molecular weight excluding hydrogens is 146 g/mol. The van der Waals surface area contributed by atoms with E-state index in [0.717, 1.165) is 0 Å². The van der Waals surface area contributed by atoms with Crippen molar-refractivity contribution in [3.63, 3.8) is 0 Å². The molecule has 1 nitrogen and oxygen atoms in total. The molecule has 0 amide bonds. The van der Waals surface area contributed by atoms with Gasteiger partial charge in [0.2, 0.25) is 0 Å². The minimum absolute atomic E-state index is 0.424. The smallest absolute Gasteiger partial charge is 0.0285 e. The van der Waals surface area contributed by atoms with Gasteiger partial charge in [0.15, 0.2) is 0 Å². The molecule has 1 atom stereocenters. The van der Waals surface area contributed by atoms with Gasteiger partial charge in [-0.2, -0.15) is 0 Å². The predicted molar refractivity (Wildman–Crippen MR) is 58.4 cm³/mol. The van der Waals surface area contributed by atoms with Crippen molar-refractivity contribution in [2.45, 2.75) is 40.2 Å².